The highest BCUT2D eigenvalue weighted by Gasteiger charge is 2.25. The molecule has 98 valence electrons. The molecule has 1 aromatic heterocycles. The minimum absolute atomic E-state index is 0.291. The van der Waals surface area contributed by atoms with Crippen molar-refractivity contribution in [1.82, 2.24) is 4.31 Å². The van der Waals surface area contributed by atoms with Gasteiger partial charge in [-0.05, 0) is 27.9 Å². The molecule has 1 rings (SSSR count). The fourth-order valence-electron chi connectivity index (χ4n) is 1.42. The lowest BCUT2D eigenvalue weighted by Crippen LogP contribution is -2.30. The lowest BCUT2D eigenvalue weighted by Gasteiger charge is -2.18. The standard InChI is InChI=1S/C10H15BrClNO2S2/c1-7(2)6-13(3)17(14,15)9-4-8(5-12)16-10(9)11/h4,7H,5-6H2,1-3H3. The zero-order valence-corrected chi connectivity index (χ0v) is 13.9. The van der Waals surface area contributed by atoms with Crippen molar-refractivity contribution in [3.8, 4) is 0 Å². The summed E-state index contributed by atoms with van der Waals surface area (Å²) >= 11 is 10.3. The number of hydrogen-bond acceptors (Lipinski definition) is 3. The van der Waals surface area contributed by atoms with Gasteiger partial charge in [0, 0.05) is 18.5 Å². The molecule has 0 N–H and O–H groups in total. The third-order valence-electron chi connectivity index (χ3n) is 2.15. The largest absolute Gasteiger partial charge is 0.244 e. The molecule has 0 aliphatic rings. The highest BCUT2D eigenvalue weighted by Crippen LogP contribution is 2.34. The summed E-state index contributed by atoms with van der Waals surface area (Å²) in [7, 11) is -1.82. The minimum Gasteiger partial charge on any atom is -0.207 e. The average Bonchev–Trinajstić information content (AvgIpc) is 2.59. The van der Waals surface area contributed by atoms with E-state index in [0.717, 1.165) is 4.88 Å². The Labute approximate surface area is 120 Å². The van der Waals surface area contributed by atoms with E-state index in [1.165, 1.54) is 15.6 Å². The van der Waals surface area contributed by atoms with Crippen LogP contribution in [-0.2, 0) is 15.9 Å². The number of thiophene rings is 1. The number of sulfonamides is 1. The van der Waals surface area contributed by atoms with Crippen LogP contribution in [0.1, 0.15) is 18.7 Å². The zero-order chi connectivity index (χ0) is 13.2. The Kier molecular flexibility index (Phi) is 5.46. The van der Waals surface area contributed by atoms with Crippen molar-refractivity contribution in [2.24, 2.45) is 5.92 Å². The SMILES string of the molecule is CC(C)CN(C)S(=O)(=O)c1cc(CCl)sc1Br. The first-order chi connectivity index (χ1) is 7.78. The van der Waals surface area contributed by atoms with Crippen molar-refractivity contribution < 1.29 is 8.42 Å². The van der Waals surface area contributed by atoms with Crippen molar-refractivity contribution in [3.63, 3.8) is 0 Å². The maximum Gasteiger partial charge on any atom is 0.244 e. The van der Waals surface area contributed by atoms with Gasteiger partial charge in [-0.3, -0.25) is 0 Å². The van der Waals surface area contributed by atoms with Crippen LogP contribution >= 0.6 is 38.9 Å². The van der Waals surface area contributed by atoms with Gasteiger partial charge < -0.3 is 0 Å². The van der Waals surface area contributed by atoms with Gasteiger partial charge in [-0.15, -0.1) is 22.9 Å². The molecule has 0 unspecified atom stereocenters. The summed E-state index contributed by atoms with van der Waals surface area (Å²) in [6.45, 7) is 4.47. The molecule has 7 heteroatoms. The lowest BCUT2D eigenvalue weighted by molar-refractivity contribution is 0.417. The summed E-state index contributed by atoms with van der Waals surface area (Å²) in [4.78, 5) is 1.15. The fraction of sp³-hybridized carbons (Fsp3) is 0.600. The third-order valence-corrected chi connectivity index (χ3v) is 6.67. The molecular weight excluding hydrogens is 346 g/mol. The number of rotatable bonds is 5. The molecule has 0 aliphatic heterocycles. The van der Waals surface area contributed by atoms with Crippen LogP contribution < -0.4 is 0 Å². The molecule has 0 saturated carbocycles. The number of halogens is 2. The van der Waals surface area contributed by atoms with Gasteiger partial charge in [-0.2, -0.15) is 0 Å². The summed E-state index contributed by atoms with van der Waals surface area (Å²) in [6, 6.07) is 1.63. The van der Waals surface area contributed by atoms with E-state index >= 15 is 0 Å². The summed E-state index contributed by atoms with van der Waals surface area (Å²) in [6.07, 6.45) is 0. The minimum atomic E-state index is -3.42. The van der Waals surface area contributed by atoms with Crippen LogP contribution in [0.3, 0.4) is 0 Å². The highest BCUT2D eigenvalue weighted by atomic mass is 79.9. The summed E-state index contributed by atoms with van der Waals surface area (Å²) < 4.78 is 26.5. The average molecular weight is 361 g/mol. The van der Waals surface area contributed by atoms with E-state index in [0.29, 0.717) is 27.0 Å². The molecule has 0 amide bonds. The Balaban J connectivity index is 3.08. The smallest absolute Gasteiger partial charge is 0.207 e. The van der Waals surface area contributed by atoms with E-state index in [2.05, 4.69) is 15.9 Å². The van der Waals surface area contributed by atoms with Gasteiger partial charge in [0.15, 0.2) is 0 Å². The van der Waals surface area contributed by atoms with Crippen molar-refractivity contribution in [3.05, 3.63) is 14.7 Å². The summed E-state index contributed by atoms with van der Waals surface area (Å²) in [5.74, 6) is 0.617. The van der Waals surface area contributed by atoms with E-state index in [-0.39, 0.29) is 0 Å². The Morgan fingerprint density at radius 2 is 2.12 bits per heavy atom. The first-order valence-corrected chi connectivity index (χ1v) is 8.68. The van der Waals surface area contributed by atoms with Crippen molar-refractivity contribution in [1.29, 1.82) is 0 Å². The maximum absolute atomic E-state index is 12.3. The van der Waals surface area contributed by atoms with Crippen molar-refractivity contribution >= 4 is 48.9 Å². The fourth-order valence-corrected chi connectivity index (χ4v) is 5.47. The lowest BCUT2D eigenvalue weighted by atomic mass is 10.2. The van der Waals surface area contributed by atoms with E-state index < -0.39 is 10.0 Å². The highest BCUT2D eigenvalue weighted by molar-refractivity contribution is 9.11. The predicted molar refractivity (Wildman–Crippen MR) is 76.2 cm³/mol. The second-order valence-electron chi connectivity index (χ2n) is 4.16. The van der Waals surface area contributed by atoms with E-state index in [9.17, 15) is 8.42 Å². The summed E-state index contributed by atoms with van der Waals surface area (Å²) in [5, 5.41) is 0. The zero-order valence-electron chi connectivity index (χ0n) is 9.91. The van der Waals surface area contributed by atoms with Gasteiger partial charge >= 0.3 is 0 Å². The topological polar surface area (TPSA) is 37.4 Å². The predicted octanol–water partition coefficient (Wildman–Crippen LogP) is 3.53. The number of nitrogens with zero attached hydrogens (tertiary/aromatic N) is 1. The van der Waals surface area contributed by atoms with Crippen LogP contribution in [0.15, 0.2) is 14.7 Å². The number of hydrogen-bond donors (Lipinski definition) is 0. The molecule has 0 atom stereocenters. The van der Waals surface area contributed by atoms with Gasteiger partial charge in [-0.1, -0.05) is 13.8 Å². The number of alkyl halides is 1. The summed E-state index contributed by atoms with van der Waals surface area (Å²) in [5.41, 5.74) is 0. The van der Waals surface area contributed by atoms with Crippen molar-refractivity contribution in [2.45, 2.75) is 24.6 Å². The van der Waals surface area contributed by atoms with E-state index in [1.807, 2.05) is 13.8 Å². The monoisotopic (exact) mass is 359 g/mol. The van der Waals surface area contributed by atoms with Crippen LogP contribution in [0.2, 0.25) is 0 Å². The Hall–Kier alpha value is 0.380. The Morgan fingerprint density at radius 1 is 1.53 bits per heavy atom. The van der Waals surface area contributed by atoms with Crippen LogP contribution in [0.25, 0.3) is 0 Å². The van der Waals surface area contributed by atoms with Crippen LogP contribution in [0.4, 0.5) is 0 Å². The first kappa shape index (κ1) is 15.4. The molecule has 0 bridgehead atoms. The molecule has 3 nitrogen and oxygen atoms in total. The normalized spacial score (nSPS) is 12.6. The van der Waals surface area contributed by atoms with Crippen LogP contribution in [0, 0.1) is 5.92 Å². The molecule has 1 heterocycles. The Bertz CT molecular complexity index is 484. The van der Waals surface area contributed by atoms with E-state index in [4.69, 9.17) is 11.6 Å². The second kappa shape index (κ2) is 6.02. The molecule has 1 aromatic rings. The van der Waals surface area contributed by atoms with Crippen LogP contribution in [0.5, 0.6) is 0 Å². The third kappa shape index (κ3) is 3.67. The van der Waals surface area contributed by atoms with Crippen LogP contribution in [-0.4, -0.2) is 26.3 Å². The molecule has 0 spiro atoms. The molecule has 0 saturated heterocycles. The van der Waals surface area contributed by atoms with Gasteiger partial charge in [0.25, 0.3) is 0 Å². The maximum atomic E-state index is 12.3. The molecule has 17 heavy (non-hydrogen) atoms. The molecule has 0 radical (unpaired) electrons. The molecule has 0 aromatic carbocycles. The van der Waals surface area contributed by atoms with Crippen molar-refractivity contribution in [2.75, 3.05) is 13.6 Å². The van der Waals surface area contributed by atoms with Gasteiger partial charge in [0.05, 0.1) is 9.67 Å². The Morgan fingerprint density at radius 3 is 2.53 bits per heavy atom. The second-order valence-corrected chi connectivity index (χ2v) is 8.90. The van der Waals surface area contributed by atoms with E-state index in [1.54, 1.807) is 13.1 Å². The molecule has 0 fully saturated rings. The van der Waals surface area contributed by atoms with Gasteiger partial charge in [0.1, 0.15) is 4.90 Å². The molecule has 0 aliphatic carbocycles. The first-order valence-electron chi connectivity index (χ1n) is 5.09. The van der Waals surface area contributed by atoms with Gasteiger partial charge in [0.2, 0.25) is 10.0 Å². The molecular formula is C10H15BrClNO2S2. The quantitative estimate of drug-likeness (QED) is 0.753. The van der Waals surface area contributed by atoms with Gasteiger partial charge in [-0.25, -0.2) is 12.7 Å².